The summed E-state index contributed by atoms with van der Waals surface area (Å²) in [6.07, 6.45) is 2.41. The molecule has 0 spiro atoms. The highest BCUT2D eigenvalue weighted by molar-refractivity contribution is 6.42. The molecule has 0 saturated heterocycles. The van der Waals surface area contributed by atoms with Gasteiger partial charge in [-0.3, -0.25) is 9.59 Å². The van der Waals surface area contributed by atoms with Crippen LogP contribution in [0.15, 0.2) is 66.5 Å². The molecule has 254 valence electrons. The first-order valence-electron chi connectivity index (χ1n) is 15.7. The summed E-state index contributed by atoms with van der Waals surface area (Å²) in [5.41, 5.74) is 2.46. The Morgan fingerprint density at radius 1 is 0.896 bits per heavy atom. The fourth-order valence-corrected chi connectivity index (χ4v) is 6.03. The second-order valence-electron chi connectivity index (χ2n) is 12.9. The Hall–Kier alpha value is -3.92. The van der Waals surface area contributed by atoms with Crippen molar-refractivity contribution in [2.45, 2.75) is 84.7 Å². The molecule has 3 aromatic rings. The van der Waals surface area contributed by atoms with Crippen molar-refractivity contribution in [3.05, 3.63) is 103 Å². The number of nitrogens with one attached hydrogen (secondary N) is 2. The van der Waals surface area contributed by atoms with Gasteiger partial charge in [-0.2, -0.15) is 0 Å². The maximum Gasteiger partial charge on any atom is 0.355 e. The molecule has 1 atom stereocenters. The molecular formula is C36H40Cl3N4O5+. The van der Waals surface area contributed by atoms with E-state index in [2.05, 4.69) is 64.3 Å². The first-order chi connectivity index (χ1) is 22.5. The van der Waals surface area contributed by atoms with Crippen LogP contribution in [0, 0.1) is 4.91 Å². The van der Waals surface area contributed by atoms with Crippen LogP contribution in [0.4, 0.5) is 11.4 Å². The molecule has 9 nitrogen and oxygen atoms in total. The minimum atomic E-state index is -0.805. The minimum absolute atomic E-state index is 0.0106. The number of benzene rings is 3. The van der Waals surface area contributed by atoms with Gasteiger partial charge in [0.15, 0.2) is 6.10 Å². The summed E-state index contributed by atoms with van der Waals surface area (Å²) in [7, 11) is 0. The Labute approximate surface area is 296 Å². The molecule has 4 rings (SSSR count). The van der Waals surface area contributed by atoms with Crippen molar-refractivity contribution in [2.75, 3.05) is 10.3 Å². The third-order valence-electron chi connectivity index (χ3n) is 8.87. The fraction of sp³-hybridized carbons (Fsp3) is 0.361. The second kappa shape index (κ2) is 14.7. The standard InChI is InChI=1S/C36H39Cl3N4O5/c1-8-28(48-29-15-14-22(35(4,5)9-2)17-25(29)36(6,7)10-3)34(46)40-24-13-11-12-21(16-24)33(45)41-30-20-31(44)42(43(30)47)32-26(38)18-23(37)19-27(32)39/h11-20,28H,8-10H2,1-7H3,(H-,40,41,44,45,46)/p+1. The average molecular weight is 715 g/mol. The molecule has 3 aromatic carbocycles. The average Bonchev–Trinajstić information content (AvgIpc) is 3.30. The van der Waals surface area contributed by atoms with Crippen molar-refractivity contribution >= 4 is 63.9 Å². The molecule has 0 saturated carbocycles. The number of carbonyl (C=O) groups excluding carboxylic acids is 3. The van der Waals surface area contributed by atoms with E-state index in [0.29, 0.717) is 22.9 Å². The predicted octanol–water partition coefficient (Wildman–Crippen LogP) is 9.13. The molecule has 48 heavy (non-hydrogen) atoms. The van der Waals surface area contributed by atoms with Crippen LogP contribution in [0.5, 0.6) is 5.75 Å². The number of halogens is 3. The SMILES string of the molecule is CCC(Oc1ccc(C(C)(C)CC)cc1C(C)(C)CC)C(=O)Nc1cccc(C(=O)NC2=CC(=O)N(c3c(Cl)cc(Cl)cc3Cl)[N+]2=O)c1. The quantitative estimate of drug-likeness (QED) is 0.182. The lowest BCUT2D eigenvalue weighted by Gasteiger charge is -2.31. The van der Waals surface area contributed by atoms with Crippen LogP contribution in [0.3, 0.4) is 0 Å². The number of hydrogen-bond donors (Lipinski definition) is 2. The summed E-state index contributed by atoms with van der Waals surface area (Å²) in [6.45, 7) is 14.9. The molecule has 12 heteroatoms. The number of amides is 3. The van der Waals surface area contributed by atoms with Crippen molar-refractivity contribution < 1.29 is 24.0 Å². The summed E-state index contributed by atoms with van der Waals surface area (Å²) < 4.78 is 6.37. The van der Waals surface area contributed by atoms with Gasteiger partial charge < -0.3 is 10.1 Å². The molecule has 2 N–H and O–H groups in total. The largest absolute Gasteiger partial charge is 0.480 e. The van der Waals surface area contributed by atoms with Crippen LogP contribution < -0.4 is 20.4 Å². The number of hydrogen-bond acceptors (Lipinski definition) is 5. The van der Waals surface area contributed by atoms with Crippen LogP contribution in [0.2, 0.25) is 15.1 Å². The van der Waals surface area contributed by atoms with Gasteiger partial charge in [0, 0.05) is 16.3 Å². The molecule has 1 unspecified atom stereocenters. The van der Waals surface area contributed by atoms with Crippen LogP contribution >= 0.6 is 34.8 Å². The van der Waals surface area contributed by atoms with Crippen LogP contribution in [0.1, 0.15) is 89.2 Å². The van der Waals surface area contributed by atoms with Gasteiger partial charge in [-0.25, -0.2) is 10.1 Å². The molecule has 1 aliphatic rings. The molecule has 0 aromatic heterocycles. The lowest BCUT2D eigenvalue weighted by molar-refractivity contribution is -0.499. The summed E-state index contributed by atoms with van der Waals surface area (Å²) in [6, 6.07) is 15.1. The summed E-state index contributed by atoms with van der Waals surface area (Å²) in [5.74, 6) is -1.53. The van der Waals surface area contributed by atoms with E-state index >= 15 is 0 Å². The molecule has 0 bridgehead atoms. The molecule has 3 amide bonds. The lowest BCUT2D eigenvalue weighted by atomic mass is 9.76. The Bertz CT molecular complexity index is 1780. The number of nitrogens with zero attached hydrogens (tertiary/aromatic N) is 2. The first-order valence-corrected chi connectivity index (χ1v) is 16.9. The second-order valence-corrected chi connectivity index (χ2v) is 14.1. The van der Waals surface area contributed by atoms with E-state index in [1.807, 2.05) is 13.0 Å². The third-order valence-corrected chi connectivity index (χ3v) is 9.67. The molecule has 1 aliphatic heterocycles. The van der Waals surface area contributed by atoms with Crippen molar-refractivity contribution in [3.8, 4) is 5.75 Å². The van der Waals surface area contributed by atoms with E-state index in [0.717, 1.165) is 24.5 Å². The smallest absolute Gasteiger partial charge is 0.355 e. The Balaban J connectivity index is 1.49. The Morgan fingerprint density at radius 3 is 2.15 bits per heavy atom. The highest BCUT2D eigenvalue weighted by Gasteiger charge is 2.41. The van der Waals surface area contributed by atoms with E-state index < -0.39 is 17.9 Å². The first kappa shape index (κ1) is 36.9. The number of rotatable bonds is 12. The number of anilines is 2. The predicted molar refractivity (Wildman–Crippen MR) is 191 cm³/mol. The summed E-state index contributed by atoms with van der Waals surface area (Å²) in [5, 5.41) is 6.14. The van der Waals surface area contributed by atoms with Gasteiger partial charge in [0.25, 0.3) is 11.8 Å². The van der Waals surface area contributed by atoms with E-state index in [1.165, 1.54) is 29.8 Å². The zero-order valence-electron chi connectivity index (χ0n) is 28.0. The molecule has 1 heterocycles. The minimum Gasteiger partial charge on any atom is -0.480 e. The molecular weight excluding hydrogens is 675 g/mol. The number of hydrazine groups is 1. The maximum atomic E-state index is 13.5. The molecule has 0 radical (unpaired) electrons. The van der Waals surface area contributed by atoms with Crippen LogP contribution in [-0.4, -0.2) is 28.7 Å². The number of nitroso groups, excluding NO2 is 1. The van der Waals surface area contributed by atoms with Gasteiger partial charge in [0.05, 0.1) is 20.5 Å². The zero-order chi connectivity index (χ0) is 35.6. The Morgan fingerprint density at radius 2 is 1.54 bits per heavy atom. The third kappa shape index (κ3) is 7.86. The van der Waals surface area contributed by atoms with Gasteiger partial charge >= 0.3 is 11.7 Å². The number of carbonyl (C=O) groups is 3. The summed E-state index contributed by atoms with van der Waals surface area (Å²) >= 11 is 18.4. The van der Waals surface area contributed by atoms with E-state index in [4.69, 9.17) is 39.5 Å². The normalized spacial score (nSPS) is 14.1. The van der Waals surface area contributed by atoms with Crippen molar-refractivity contribution in [1.29, 1.82) is 0 Å². The lowest BCUT2D eigenvalue weighted by Crippen LogP contribution is -2.36. The van der Waals surface area contributed by atoms with Crippen LogP contribution in [0.25, 0.3) is 0 Å². The van der Waals surface area contributed by atoms with Crippen LogP contribution in [-0.2, 0) is 20.4 Å². The molecule has 0 aliphatic carbocycles. The van der Waals surface area contributed by atoms with Gasteiger partial charge in [0.1, 0.15) is 17.5 Å². The topological polar surface area (TPSA) is 108 Å². The van der Waals surface area contributed by atoms with E-state index in [9.17, 15) is 19.3 Å². The Kier molecular flexibility index (Phi) is 11.3. The van der Waals surface area contributed by atoms with Crippen molar-refractivity contribution in [2.24, 2.45) is 0 Å². The highest BCUT2D eigenvalue weighted by atomic mass is 35.5. The van der Waals surface area contributed by atoms with Crippen molar-refractivity contribution in [1.82, 2.24) is 5.32 Å². The van der Waals surface area contributed by atoms with Gasteiger partial charge in [0.2, 0.25) is 0 Å². The van der Waals surface area contributed by atoms with Gasteiger partial charge in [-0.15, -0.1) is 0 Å². The van der Waals surface area contributed by atoms with E-state index in [1.54, 1.807) is 12.1 Å². The number of ether oxygens (including phenoxy) is 1. The zero-order valence-corrected chi connectivity index (χ0v) is 30.3. The van der Waals surface area contributed by atoms with Gasteiger partial charge in [-0.1, -0.05) is 106 Å². The van der Waals surface area contributed by atoms with Gasteiger partial charge in [-0.05, 0) is 77.0 Å². The molecule has 0 fully saturated rings. The monoisotopic (exact) mass is 713 g/mol. The fourth-order valence-electron chi connectivity index (χ4n) is 5.05. The van der Waals surface area contributed by atoms with Crippen molar-refractivity contribution in [3.63, 3.8) is 0 Å². The summed E-state index contributed by atoms with van der Waals surface area (Å²) in [4.78, 5) is 52.6. The maximum absolute atomic E-state index is 13.5. The highest BCUT2D eigenvalue weighted by Crippen LogP contribution is 2.40. The van der Waals surface area contributed by atoms with E-state index in [-0.39, 0.29) is 53.7 Å².